The maximum Gasteiger partial charge on any atom is 0.337 e. The van der Waals surface area contributed by atoms with E-state index in [1.807, 2.05) is 0 Å². The zero-order valence-electron chi connectivity index (χ0n) is 15.1. The lowest BCUT2D eigenvalue weighted by Crippen LogP contribution is -2.52. The van der Waals surface area contributed by atoms with Gasteiger partial charge in [0.25, 0.3) is 5.91 Å². The van der Waals surface area contributed by atoms with Crippen LogP contribution in [0.5, 0.6) is 0 Å². The first-order valence-corrected chi connectivity index (χ1v) is 8.97. The number of amides is 2. The van der Waals surface area contributed by atoms with Crippen LogP contribution in [0.25, 0.3) is 0 Å². The van der Waals surface area contributed by atoms with Gasteiger partial charge in [0.2, 0.25) is 5.91 Å². The average molecular weight is 403 g/mol. The maximum atomic E-state index is 12.7. The highest BCUT2D eigenvalue weighted by atomic mass is 35.5. The summed E-state index contributed by atoms with van der Waals surface area (Å²) in [5, 5.41) is 6.00. The summed E-state index contributed by atoms with van der Waals surface area (Å²) in [5.74, 6) is -1.11. The lowest BCUT2D eigenvalue weighted by atomic mass is 9.99. The van der Waals surface area contributed by atoms with Gasteiger partial charge >= 0.3 is 5.97 Å². The number of nitrogens with one attached hydrogen (secondary N) is 2. The molecule has 8 heteroatoms. The zero-order chi connectivity index (χ0) is 20.1. The lowest BCUT2D eigenvalue weighted by molar-refractivity contribution is -0.148. The number of hydrogen-bond donors (Lipinski definition) is 2. The molecule has 0 saturated carbocycles. The molecule has 2 N–H and O–H groups in total. The lowest BCUT2D eigenvalue weighted by Gasteiger charge is -2.32. The van der Waals surface area contributed by atoms with Gasteiger partial charge in [-0.15, -0.1) is 0 Å². The Hall–Kier alpha value is -2.90. The van der Waals surface area contributed by atoms with Gasteiger partial charge in [0.05, 0.1) is 18.7 Å². The molecule has 0 unspecified atom stereocenters. The molecule has 146 valence electrons. The van der Waals surface area contributed by atoms with E-state index in [0.29, 0.717) is 16.1 Å². The van der Waals surface area contributed by atoms with E-state index in [1.165, 1.54) is 7.11 Å². The second kappa shape index (κ2) is 8.86. The number of halogens is 1. The first-order chi connectivity index (χ1) is 13.5. The van der Waals surface area contributed by atoms with Crippen molar-refractivity contribution in [3.63, 3.8) is 0 Å². The predicted molar refractivity (Wildman–Crippen MR) is 102 cm³/mol. The van der Waals surface area contributed by atoms with Crippen LogP contribution < -0.4 is 10.6 Å². The summed E-state index contributed by atoms with van der Waals surface area (Å²) in [6, 6.07) is 13.0. The van der Waals surface area contributed by atoms with Crippen LogP contribution in [0.2, 0.25) is 5.02 Å². The van der Waals surface area contributed by atoms with Crippen molar-refractivity contribution in [2.45, 2.75) is 18.7 Å². The monoisotopic (exact) mass is 402 g/mol. The molecular formula is C20H19ClN2O5. The molecule has 1 fully saturated rings. The van der Waals surface area contributed by atoms with E-state index >= 15 is 0 Å². The number of rotatable bonds is 5. The number of methoxy groups -OCH3 is 1. The molecule has 1 saturated heterocycles. The van der Waals surface area contributed by atoms with Crippen molar-refractivity contribution in [2.75, 3.05) is 13.7 Å². The molecule has 2 aromatic carbocycles. The fourth-order valence-corrected chi connectivity index (χ4v) is 3.17. The Bertz CT molecular complexity index is 884. The SMILES string of the molecule is COC(=O)c1ccc(CNC(=O)[C@H]2OCC(=O)N[C@@H]2c2ccccc2Cl)cc1. The summed E-state index contributed by atoms with van der Waals surface area (Å²) in [6.45, 7) is 0.0379. The smallest absolute Gasteiger partial charge is 0.337 e. The van der Waals surface area contributed by atoms with Crippen molar-refractivity contribution in [1.82, 2.24) is 10.6 Å². The van der Waals surface area contributed by atoms with Crippen LogP contribution in [0.4, 0.5) is 0 Å². The minimum absolute atomic E-state index is 0.202. The highest BCUT2D eigenvalue weighted by Crippen LogP contribution is 2.28. The molecule has 28 heavy (non-hydrogen) atoms. The fraction of sp³-hybridized carbons (Fsp3) is 0.250. The molecule has 0 aromatic heterocycles. The van der Waals surface area contributed by atoms with E-state index in [-0.39, 0.29) is 25.0 Å². The van der Waals surface area contributed by atoms with Crippen molar-refractivity contribution in [2.24, 2.45) is 0 Å². The summed E-state index contributed by atoms with van der Waals surface area (Å²) >= 11 is 6.22. The molecule has 7 nitrogen and oxygen atoms in total. The molecule has 2 amide bonds. The molecule has 0 aliphatic carbocycles. The number of benzene rings is 2. The van der Waals surface area contributed by atoms with Gasteiger partial charge in [-0.1, -0.05) is 41.9 Å². The number of carbonyl (C=O) groups is 3. The van der Waals surface area contributed by atoms with Crippen LogP contribution in [-0.2, 0) is 25.6 Å². The molecule has 1 aliphatic heterocycles. The zero-order valence-corrected chi connectivity index (χ0v) is 15.9. The molecule has 0 radical (unpaired) electrons. The van der Waals surface area contributed by atoms with E-state index < -0.39 is 18.1 Å². The third-order valence-corrected chi connectivity index (χ3v) is 4.70. The van der Waals surface area contributed by atoms with Gasteiger partial charge < -0.3 is 20.1 Å². The van der Waals surface area contributed by atoms with E-state index in [0.717, 1.165) is 5.56 Å². The summed E-state index contributed by atoms with van der Waals surface area (Å²) in [7, 11) is 1.31. The number of hydrogen-bond acceptors (Lipinski definition) is 5. The fourth-order valence-electron chi connectivity index (χ4n) is 2.91. The maximum absolute atomic E-state index is 12.7. The van der Waals surface area contributed by atoms with Crippen LogP contribution in [0, 0.1) is 0 Å². The van der Waals surface area contributed by atoms with Crippen LogP contribution in [-0.4, -0.2) is 37.6 Å². The summed E-state index contributed by atoms with van der Waals surface area (Å²) in [6.07, 6.45) is -0.910. The summed E-state index contributed by atoms with van der Waals surface area (Å²) in [5.41, 5.74) is 1.84. The molecule has 0 bridgehead atoms. The third kappa shape index (κ3) is 4.49. The summed E-state index contributed by atoms with van der Waals surface area (Å²) < 4.78 is 10.1. The number of ether oxygens (including phenoxy) is 2. The molecule has 1 heterocycles. The third-order valence-electron chi connectivity index (χ3n) is 4.35. The first kappa shape index (κ1) is 19.9. The van der Waals surface area contributed by atoms with E-state index in [1.54, 1.807) is 48.5 Å². The standard InChI is InChI=1S/C20H19ClN2O5/c1-27-20(26)13-8-6-12(7-9-13)10-22-19(25)18-17(23-16(24)11-28-18)14-4-2-3-5-15(14)21/h2-9,17-18H,10-11H2,1H3,(H,22,25)(H,23,24)/t17-,18+/m1/s1. The van der Waals surface area contributed by atoms with Gasteiger partial charge in [-0.05, 0) is 29.3 Å². The van der Waals surface area contributed by atoms with E-state index in [2.05, 4.69) is 15.4 Å². The highest BCUT2D eigenvalue weighted by molar-refractivity contribution is 6.31. The number of morpholine rings is 1. The van der Waals surface area contributed by atoms with E-state index in [4.69, 9.17) is 16.3 Å². The van der Waals surface area contributed by atoms with Crippen LogP contribution in [0.15, 0.2) is 48.5 Å². The highest BCUT2D eigenvalue weighted by Gasteiger charge is 2.36. The number of carbonyl (C=O) groups excluding carboxylic acids is 3. The van der Waals surface area contributed by atoms with Gasteiger partial charge in [0, 0.05) is 11.6 Å². The second-order valence-corrected chi connectivity index (χ2v) is 6.61. The van der Waals surface area contributed by atoms with Crippen molar-refractivity contribution < 1.29 is 23.9 Å². The van der Waals surface area contributed by atoms with Gasteiger partial charge in [-0.2, -0.15) is 0 Å². The minimum atomic E-state index is -0.910. The minimum Gasteiger partial charge on any atom is -0.465 e. The van der Waals surface area contributed by atoms with Gasteiger partial charge in [0.1, 0.15) is 6.61 Å². The second-order valence-electron chi connectivity index (χ2n) is 6.20. The van der Waals surface area contributed by atoms with Gasteiger partial charge in [-0.25, -0.2) is 4.79 Å². The number of esters is 1. The predicted octanol–water partition coefficient (Wildman–Crippen LogP) is 2.00. The largest absolute Gasteiger partial charge is 0.465 e. The van der Waals surface area contributed by atoms with Gasteiger partial charge in [-0.3, -0.25) is 9.59 Å². The molecule has 0 spiro atoms. The first-order valence-electron chi connectivity index (χ1n) is 8.60. The topological polar surface area (TPSA) is 93.7 Å². The molecule has 2 atom stereocenters. The molecule has 2 aromatic rings. The normalized spacial score (nSPS) is 18.9. The molecular weight excluding hydrogens is 384 g/mol. The van der Waals surface area contributed by atoms with Crippen LogP contribution in [0.3, 0.4) is 0 Å². The van der Waals surface area contributed by atoms with Crippen LogP contribution >= 0.6 is 11.6 Å². The molecule has 1 aliphatic rings. The Morgan fingerprint density at radius 1 is 1.21 bits per heavy atom. The Kier molecular flexibility index (Phi) is 6.28. The van der Waals surface area contributed by atoms with Crippen molar-refractivity contribution in [1.29, 1.82) is 0 Å². The quantitative estimate of drug-likeness (QED) is 0.746. The Morgan fingerprint density at radius 3 is 2.61 bits per heavy atom. The van der Waals surface area contributed by atoms with Crippen molar-refractivity contribution in [3.05, 3.63) is 70.2 Å². The Labute approximate surface area is 167 Å². The van der Waals surface area contributed by atoms with Crippen molar-refractivity contribution in [3.8, 4) is 0 Å². The molecule has 3 rings (SSSR count). The van der Waals surface area contributed by atoms with E-state index in [9.17, 15) is 14.4 Å². The van der Waals surface area contributed by atoms with Crippen molar-refractivity contribution >= 4 is 29.4 Å². The van der Waals surface area contributed by atoms with Crippen LogP contribution in [0.1, 0.15) is 27.5 Å². The van der Waals surface area contributed by atoms with Gasteiger partial charge in [0.15, 0.2) is 6.10 Å². The summed E-state index contributed by atoms with van der Waals surface area (Å²) in [4.78, 5) is 35.9. The Balaban J connectivity index is 1.69. The average Bonchev–Trinajstić information content (AvgIpc) is 2.72. The Morgan fingerprint density at radius 2 is 1.93 bits per heavy atom.